The van der Waals surface area contributed by atoms with Gasteiger partial charge in [0.2, 0.25) is 0 Å². The number of benzene rings is 3. The van der Waals surface area contributed by atoms with E-state index in [9.17, 15) is 9.59 Å². The van der Waals surface area contributed by atoms with Crippen molar-refractivity contribution in [1.29, 1.82) is 0 Å². The molecule has 3 aromatic carbocycles. The number of aryl methyl sites for hydroxylation is 1. The molecule has 4 aromatic rings. The maximum atomic E-state index is 12.5. The van der Waals surface area contributed by atoms with Crippen LogP contribution in [-0.2, 0) is 4.79 Å². The molecule has 4 rings (SSSR count). The second-order valence-electron chi connectivity index (χ2n) is 9.40. The molecule has 2 atom stereocenters. The van der Waals surface area contributed by atoms with Crippen LogP contribution in [0.25, 0.3) is 10.1 Å². The second kappa shape index (κ2) is 12.5. The fourth-order valence-corrected chi connectivity index (χ4v) is 6.55. The Morgan fingerprint density at radius 1 is 1.03 bits per heavy atom. The van der Waals surface area contributed by atoms with E-state index < -0.39 is 5.97 Å². The third kappa shape index (κ3) is 6.20. The van der Waals surface area contributed by atoms with E-state index in [1.807, 2.05) is 59.9 Å². The molecule has 0 bridgehead atoms. The summed E-state index contributed by atoms with van der Waals surface area (Å²) in [5.74, 6) is -0.107. The minimum absolute atomic E-state index is 0.100. The number of carbonyl (C=O) groups is 2. The van der Waals surface area contributed by atoms with Gasteiger partial charge in [0, 0.05) is 32.6 Å². The monoisotopic (exact) mass is 549 g/mol. The molecule has 0 spiro atoms. The maximum Gasteiger partial charge on any atom is 0.305 e. The SMILES string of the molecule is CCCC(c1ccc(C(=O)NCCC(=O)O)cc1)C(c1ccc(OC)cc1)c1sc2ccc(Cl)cc2c1C. The number of methoxy groups -OCH3 is 1. The summed E-state index contributed by atoms with van der Waals surface area (Å²) in [6.07, 6.45) is 1.87. The molecule has 0 aliphatic carbocycles. The molecule has 1 aromatic heterocycles. The van der Waals surface area contributed by atoms with Gasteiger partial charge in [0.1, 0.15) is 5.75 Å². The van der Waals surface area contributed by atoms with Gasteiger partial charge in [0.15, 0.2) is 0 Å². The Kier molecular flexibility index (Phi) is 9.08. The van der Waals surface area contributed by atoms with Gasteiger partial charge < -0.3 is 15.2 Å². The van der Waals surface area contributed by atoms with E-state index in [0.717, 1.165) is 29.2 Å². The lowest BCUT2D eigenvalue weighted by atomic mass is 9.77. The van der Waals surface area contributed by atoms with Crippen LogP contribution in [0.3, 0.4) is 0 Å². The molecule has 0 saturated carbocycles. The maximum absolute atomic E-state index is 12.5. The fraction of sp³-hybridized carbons (Fsp3) is 0.290. The first-order chi connectivity index (χ1) is 18.3. The third-order valence-corrected chi connectivity index (χ3v) is 8.51. The van der Waals surface area contributed by atoms with Crippen molar-refractivity contribution in [2.75, 3.05) is 13.7 Å². The number of amides is 1. The van der Waals surface area contributed by atoms with E-state index in [-0.39, 0.29) is 30.7 Å². The van der Waals surface area contributed by atoms with Crippen LogP contribution in [0.2, 0.25) is 5.02 Å². The number of fused-ring (bicyclic) bond motifs is 1. The first-order valence-electron chi connectivity index (χ1n) is 12.7. The number of carbonyl (C=O) groups excluding carboxylic acids is 1. The van der Waals surface area contributed by atoms with Crippen molar-refractivity contribution in [3.8, 4) is 5.75 Å². The van der Waals surface area contributed by atoms with Crippen molar-refractivity contribution >= 4 is 44.9 Å². The molecular formula is C31H32ClNO4S. The molecule has 2 unspecified atom stereocenters. The summed E-state index contributed by atoms with van der Waals surface area (Å²) in [5, 5.41) is 13.4. The number of carboxylic acids is 1. The van der Waals surface area contributed by atoms with Crippen molar-refractivity contribution in [3.05, 3.63) is 98.9 Å². The van der Waals surface area contributed by atoms with Crippen molar-refractivity contribution in [2.24, 2.45) is 0 Å². The smallest absolute Gasteiger partial charge is 0.305 e. The summed E-state index contributed by atoms with van der Waals surface area (Å²) in [6, 6.07) is 22.1. The minimum atomic E-state index is -0.938. The molecule has 0 aliphatic heterocycles. The summed E-state index contributed by atoms with van der Waals surface area (Å²) in [5.41, 5.74) is 4.12. The molecule has 0 radical (unpaired) electrons. The van der Waals surface area contributed by atoms with Crippen LogP contribution >= 0.6 is 22.9 Å². The summed E-state index contributed by atoms with van der Waals surface area (Å²) in [4.78, 5) is 24.6. The number of carboxylic acid groups (broad SMARTS) is 1. The Labute approximate surface area is 232 Å². The molecule has 2 N–H and O–H groups in total. The summed E-state index contributed by atoms with van der Waals surface area (Å²) >= 11 is 8.17. The average Bonchev–Trinajstić information content (AvgIpc) is 3.23. The Balaban J connectivity index is 1.75. The van der Waals surface area contributed by atoms with Crippen LogP contribution in [0.5, 0.6) is 5.75 Å². The zero-order valence-corrected chi connectivity index (χ0v) is 23.4. The highest BCUT2D eigenvalue weighted by Crippen LogP contribution is 2.47. The van der Waals surface area contributed by atoms with Crippen LogP contribution < -0.4 is 10.1 Å². The standard InChI is InChI=1S/C31H32ClNO4S/c1-4-5-25(20-6-8-22(9-7-20)31(36)33-17-16-28(34)35)29(21-10-13-24(37-3)14-11-21)30-19(2)26-18-23(32)12-15-27(26)38-30/h6-15,18,25,29H,4-5,16-17H2,1-3H3,(H,33,36)(H,34,35). The highest BCUT2D eigenvalue weighted by atomic mass is 35.5. The Bertz CT molecular complexity index is 1410. The van der Waals surface area contributed by atoms with Gasteiger partial charge in [0.25, 0.3) is 5.91 Å². The molecule has 7 heteroatoms. The number of hydrogen-bond acceptors (Lipinski definition) is 4. The Morgan fingerprint density at radius 2 is 1.71 bits per heavy atom. The molecule has 1 heterocycles. The highest BCUT2D eigenvalue weighted by molar-refractivity contribution is 7.19. The van der Waals surface area contributed by atoms with Gasteiger partial charge in [-0.2, -0.15) is 0 Å². The molecule has 0 fully saturated rings. The van der Waals surface area contributed by atoms with Crippen LogP contribution in [-0.4, -0.2) is 30.6 Å². The van der Waals surface area contributed by atoms with Crippen molar-refractivity contribution in [1.82, 2.24) is 5.32 Å². The van der Waals surface area contributed by atoms with Gasteiger partial charge in [-0.25, -0.2) is 0 Å². The first kappa shape index (κ1) is 27.7. The molecule has 0 saturated heterocycles. The largest absolute Gasteiger partial charge is 0.497 e. The van der Waals surface area contributed by atoms with Gasteiger partial charge in [-0.1, -0.05) is 49.2 Å². The zero-order chi connectivity index (χ0) is 27.2. The number of hydrogen-bond donors (Lipinski definition) is 2. The van der Waals surface area contributed by atoms with Crippen LogP contribution in [0.1, 0.15) is 69.9 Å². The summed E-state index contributed by atoms with van der Waals surface area (Å²) in [6.45, 7) is 4.47. The highest BCUT2D eigenvalue weighted by Gasteiger charge is 2.30. The van der Waals surface area contributed by atoms with Gasteiger partial charge >= 0.3 is 5.97 Å². The van der Waals surface area contributed by atoms with E-state index in [1.165, 1.54) is 26.1 Å². The first-order valence-corrected chi connectivity index (χ1v) is 13.9. The van der Waals surface area contributed by atoms with E-state index in [1.54, 1.807) is 7.11 Å². The normalized spacial score (nSPS) is 12.7. The molecule has 5 nitrogen and oxygen atoms in total. The van der Waals surface area contributed by atoms with Crippen molar-refractivity contribution in [3.63, 3.8) is 0 Å². The van der Waals surface area contributed by atoms with E-state index in [4.69, 9.17) is 21.4 Å². The predicted octanol–water partition coefficient (Wildman–Crippen LogP) is 7.79. The Hall–Kier alpha value is -3.35. The fourth-order valence-electron chi connectivity index (χ4n) is 4.99. The minimum Gasteiger partial charge on any atom is -0.497 e. The van der Waals surface area contributed by atoms with Crippen molar-refractivity contribution in [2.45, 2.75) is 44.9 Å². The average molecular weight is 550 g/mol. The number of ether oxygens (including phenoxy) is 1. The topological polar surface area (TPSA) is 75.6 Å². The number of thiophene rings is 1. The van der Waals surface area contributed by atoms with E-state index in [0.29, 0.717) is 5.56 Å². The quantitative estimate of drug-likeness (QED) is 0.200. The summed E-state index contributed by atoms with van der Waals surface area (Å²) < 4.78 is 6.64. The van der Waals surface area contributed by atoms with Gasteiger partial charge in [-0.15, -0.1) is 11.3 Å². The van der Waals surface area contributed by atoms with Gasteiger partial charge in [-0.05, 0) is 83.8 Å². The lowest BCUT2D eigenvalue weighted by Crippen LogP contribution is -2.26. The second-order valence-corrected chi connectivity index (χ2v) is 10.9. The molecule has 0 aliphatic rings. The number of aliphatic carboxylic acids is 1. The van der Waals surface area contributed by atoms with Crippen LogP contribution in [0, 0.1) is 6.92 Å². The predicted molar refractivity (Wildman–Crippen MR) is 155 cm³/mol. The lowest BCUT2D eigenvalue weighted by Gasteiger charge is -2.28. The zero-order valence-electron chi connectivity index (χ0n) is 21.8. The van der Waals surface area contributed by atoms with E-state index >= 15 is 0 Å². The van der Waals surface area contributed by atoms with Gasteiger partial charge in [-0.3, -0.25) is 9.59 Å². The van der Waals surface area contributed by atoms with Crippen LogP contribution in [0.15, 0.2) is 66.7 Å². The summed E-state index contributed by atoms with van der Waals surface area (Å²) in [7, 11) is 1.67. The molecular weight excluding hydrogens is 518 g/mol. The molecule has 198 valence electrons. The Morgan fingerprint density at radius 3 is 2.34 bits per heavy atom. The van der Waals surface area contributed by atoms with Crippen LogP contribution in [0.4, 0.5) is 0 Å². The molecule has 1 amide bonds. The van der Waals surface area contributed by atoms with Crippen molar-refractivity contribution < 1.29 is 19.4 Å². The van der Waals surface area contributed by atoms with E-state index in [2.05, 4.69) is 37.4 Å². The van der Waals surface area contributed by atoms with Gasteiger partial charge in [0.05, 0.1) is 13.5 Å². The lowest BCUT2D eigenvalue weighted by molar-refractivity contribution is -0.136. The molecule has 38 heavy (non-hydrogen) atoms. The number of nitrogens with one attached hydrogen (secondary N) is 1. The number of rotatable bonds is 11. The number of halogens is 1. The third-order valence-electron chi connectivity index (χ3n) is 6.92.